The summed E-state index contributed by atoms with van der Waals surface area (Å²) in [4.78, 5) is 7.74. The van der Waals surface area contributed by atoms with Crippen LogP contribution in [0.1, 0.15) is 19.2 Å². The summed E-state index contributed by atoms with van der Waals surface area (Å²) >= 11 is 0. The molecule has 0 amide bonds. The Kier molecular flexibility index (Phi) is 3.41. The SMILES string of the molecule is CCOCCCc1nc2c(N)cccc2[nH]1. The van der Waals surface area contributed by atoms with Gasteiger partial charge in [0.25, 0.3) is 0 Å². The second kappa shape index (κ2) is 4.99. The zero-order valence-electron chi connectivity index (χ0n) is 9.49. The molecular weight excluding hydrogens is 202 g/mol. The maximum atomic E-state index is 5.84. The molecule has 86 valence electrons. The second-order valence-corrected chi connectivity index (χ2v) is 3.73. The summed E-state index contributed by atoms with van der Waals surface area (Å²) in [5.41, 5.74) is 8.44. The molecule has 1 aromatic carbocycles. The van der Waals surface area contributed by atoms with Crippen LogP contribution in [-0.2, 0) is 11.2 Å². The number of nitrogens with one attached hydrogen (secondary N) is 1. The third kappa shape index (κ3) is 2.33. The molecule has 0 aliphatic heterocycles. The maximum Gasteiger partial charge on any atom is 0.111 e. The Morgan fingerprint density at radius 3 is 3.06 bits per heavy atom. The van der Waals surface area contributed by atoms with Gasteiger partial charge in [-0.05, 0) is 25.5 Å². The molecule has 0 spiro atoms. The van der Waals surface area contributed by atoms with Gasteiger partial charge < -0.3 is 15.5 Å². The monoisotopic (exact) mass is 219 g/mol. The lowest BCUT2D eigenvalue weighted by Gasteiger charge is -1.98. The standard InChI is InChI=1S/C12H17N3O/c1-2-16-8-4-7-11-14-10-6-3-5-9(13)12(10)15-11/h3,5-6H,2,4,7-8,13H2,1H3,(H,14,15). The van der Waals surface area contributed by atoms with Crippen molar-refractivity contribution in [3.05, 3.63) is 24.0 Å². The van der Waals surface area contributed by atoms with Crippen LogP contribution in [0.3, 0.4) is 0 Å². The molecule has 3 N–H and O–H groups in total. The molecule has 2 aromatic rings. The Labute approximate surface area is 94.8 Å². The van der Waals surface area contributed by atoms with Crippen molar-refractivity contribution < 1.29 is 4.74 Å². The molecule has 1 aromatic heterocycles. The number of nitrogens with two attached hydrogens (primary N) is 1. The van der Waals surface area contributed by atoms with Crippen LogP contribution in [0.25, 0.3) is 11.0 Å². The first-order valence-corrected chi connectivity index (χ1v) is 5.62. The zero-order chi connectivity index (χ0) is 11.4. The molecule has 0 fully saturated rings. The quantitative estimate of drug-likeness (QED) is 0.598. The summed E-state index contributed by atoms with van der Waals surface area (Å²) in [6.45, 7) is 3.55. The number of aryl methyl sites for hydroxylation is 1. The van der Waals surface area contributed by atoms with Gasteiger partial charge in [-0.2, -0.15) is 0 Å². The zero-order valence-corrected chi connectivity index (χ0v) is 9.49. The minimum Gasteiger partial charge on any atom is -0.397 e. The third-order valence-corrected chi connectivity index (χ3v) is 2.50. The topological polar surface area (TPSA) is 63.9 Å². The van der Waals surface area contributed by atoms with Crippen LogP contribution in [0.15, 0.2) is 18.2 Å². The van der Waals surface area contributed by atoms with E-state index in [1.165, 1.54) is 0 Å². The number of aromatic amines is 1. The van der Waals surface area contributed by atoms with Crippen LogP contribution >= 0.6 is 0 Å². The highest BCUT2D eigenvalue weighted by Gasteiger charge is 2.04. The van der Waals surface area contributed by atoms with Crippen molar-refractivity contribution >= 4 is 16.7 Å². The third-order valence-electron chi connectivity index (χ3n) is 2.50. The van der Waals surface area contributed by atoms with Crippen LogP contribution < -0.4 is 5.73 Å². The van der Waals surface area contributed by atoms with Crippen LogP contribution in [0, 0.1) is 0 Å². The lowest BCUT2D eigenvalue weighted by Crippen LogP contribution is -1.97. The highest BCUT2D eigenvalue weighted by atomic mass is 16.5. The van der Waals surface area contributed by atoms with Crippen molar-refractivity contribution in [2.24, 2.45) is 0 Å². The molecule has 0 unspecified atom stereocenters. The number of rotatable bonds is 5. The minimum atomic E-state index is 0.727. The predicted octanol–water partition coefficient (Wildman–Crippen LogP) is 2.11. The smallest absolute Gasteiger partial charge is 0.111 e. The van der Waals surface area contributed by atoms with Gasteiger partial charge in [0, 0.05) is 19.6 Å². The number of benzene rings is 1. The van der Waals surface area contributed by atoms with E-state index >= 15 is 0 Å². The predicted molar refractivity (Wildman–Crippen MR) is 65.3 cm³/mol. The molecule has 0 radical (unpaired) electrons. The average Bonchev–Trinajstić information content (AvgIpc) is 2.69. The second-order valence-electron chi connectivity index (χ2n) is 3.73. The molecule has 16 heavy (non-hydrogen) atoms. The van der Waals surface area contributed by atoms with Crippen LogP contribution in [0.4, 0.5) is 5.69 Å². The maximum absolute atomic E-state index is 5.84. The lowest BCUT2D eigenvalue weighted by atomic mass is 10.3. The molecule has 0 aliphatic carbocycles. The van der Waals surface area contributed by atoms with Gasteiger partial charge in [0.15, 0.2) is 0 Å². The number of aromatic nitrogens is 2. The number of nitrogens with zero attached hydrogens (tertiary/aromatic N) is 1. The highest BCUT2D eigenvalue weighted by molar-refractivity contribution is 5.86. The van der Waals surface area contributed by atoms with E-state index < -0.39 is 0 Å². The molecule has 0 saturated carbocycles. The first-order chi connectivity index (χ1) is 7.81. The Bertz CT molecular complexity index is 464. The Hall–Kier alpha value is -1.55. The first-order valence-electron chi connectivity index (χ1n) is 5.62. The van der Waals surface area contributed by atoms with Gasteiger partial charge in [-0.15, -0.1) is 0 Å². The van der Waals surface area contributed by atoms with E-state index in [2.05, 4.69) is 9.97 Å². The summed E-state index contributed by atoms with van der Waals surface area (Å²) in [5, 5.41) is 0. The summed E-state index contributed by atoms with van der Waals surface area (Å²) in [6.07, 6.45) is 1.88. The van der Waals surface area contributed by atoms with Crippen molar-refractivity contribution in [3.63, 3.8) is 0 Å². The average molecular weight is 219 g/mol. The number of fused-ring (bicyclic) bond motifs is 1. The fourth-order valence-corrected chi connectivity index (χ4v) is 1.71. The fourth-order valence-electron chi connectivity index (χ4n) is 1.71. The largest absolute Gasteiger partial charge is 0.397 e. The first kappa shape index (κ1) is 11.0. The van der Waals surface area contributed by atoms with E-state index in [1.807, 2.05) is 25.1 Å². The van der Waals surface area contributed by atoms with Crippen LogP contribution in [0.5, 0.6) is 0 Å². The van der Waals surface area contributed by atoms with Gasteiger partial charge in [-0.25, -0.2) is 4.98 Å². The van der Waals surface area contributed by atoms with E-state index in [1.54, 1.807) is 0 Å². The number of ether oxygens (including phenoxy) is 1. The van der Waals surface area contributed by atoms with Crippen molar-refractivity contribution in [1.29, 1.82) is 0 Å². The van der Waals surface area contributed by atoms with E-state index in [0.717, 1.165) is 48.6 Å². The normalized spacial score (nSPS) is 11.1. The van der Waals surface area contributed by atoms with Gasteiger partial charge in [-0.3, -0.25) is 0 Å². The molecule has 4 heteroatoms. The van der Waals surface area contributed by atoms with Gasteiger partial charge in [-0.1, -0.05) is 6.07 Å². The summed E-state index contributed by atoms with van der Waals surface area (Å²) in [6, 6.07) is 5.79. The molecule has 0 aliphatic rings. The van der Waals surface area contributed by atoms with Gasteiger partial charge in [0.05, 0.1) is 11.2 Å². The van der Waals surface area contributed by atoms with Crippen LogP contribution in [0.2, 0.25) is 0 Å². The molecule has 0 atom stereocenters. The number of para-hydroxylation sites is 1. The number of anilines is 1. The Morgan fingerprint density at radius 1 is 1.44 bits per heavy atom. The summed E-state index contributed by atoms with van der Waals surface area (Å²) in [5.74, 6) is 0.979. The lowest BCUT2D eigenvalue weighted by molar-refractivity contribution is 0.145. The number of H-pyrrole nitrogens is 1. The van der Waals surface area contributed by atoms with E-state index in [9.17, 15) is 0 Å². The van der Waals surface area contributed by atoms with Crippen molar-refractivity contribution in [3.8, 4) is 0 Å². The van der Waals surface area contributed by atoms with E-state index in [0.29, 0.717) is 0 Å². The number of nitrogen functional groups attached to an aromatic ring is 1. The summed E-state index contributed by atoms with van der Waals surface area (Å²) < 4.78 is 5.29. The van der Waals surface area contributed by atoms with Gasteiger partial charge in [0.2, 0.25) is 0 Å². The Morgan fingerprint density at radius 2 is 2.31 bits per heavy atom. The molecule has 2 rings (SSSR count). The highest BCUT2D eigenvalue weighted by Crippen LogP contribution is 2.18. The van der Waals surface area contributed by atoms with E-state index in [4.69, 9.17) is 10.5 Å². The molecular formula is C12H17N3O. The molecule has 1 heterocycles. The molecule has 4 nitrogen and oxygen atoms in total. The fraction of sp³-hybridized carbons (Fsp3) is 0.417. The Balaban J connectivity index is 2.05. The molecule has 0 bridgehead atoms. The van der Waals surface area contributed by atoms with Crippen LogP contribution in [-0.4, -0.2) is 23.2 Å². The molecule has 0 saturated heterocycles. The van der Waals surface area contributed by atoms with Gasteiger partial charge in [0.1, 0.15) is 11.3 Å². The number of hydrogen-bond donors (Lipinski definition) is 2. The number of hydrogen-bond acceptors (Lipinski definition) is 3. The summed E-state index contributed by atoms with van der Waals surface area (Å²) in [7, 11) is 0. The number of imidazole rings is 1. The van der Waals surface area contributed by atoms with E-state index in [-0.39, 0.29) is 0 Å². The van der Waals surface area contributed by atoms with Crippen molar-refractivity contribution in [1.82, 2.24) is 9.97 Å². The van der Waals surface area contributed by atoms with Gasteiger partial charge >= 0.3 is 0 Å². The minimum absolute atomic E-state index is 0.727. The van der Waals surface area contributed by atoms with Crippen molar-refractivity contribution in [2.75, 3.05) is 18.9 Å². The van der Waals surface area contributed by atoms with Crippen molar-refractivity contribution in [2.45, 2.75) is 19.8 Å².